The Morgan fingerprint density at radius 1 is 1.13 bits per heavy atom. The molecule has 1 N–H and O–H groups in total. The molecule has 1 aromatic carbocycles. The quantitative estimate of drug-likeness (QED) is 0.717. The number of nitrogens with one attached hydrogen (secondary N) is 1. The van der Waals surface area contributed by atoms with Gasteiger partial charge >= 0.3 is 0 Å². The van der Waals surface area contributed by atoms with E-state index in [0.29, 0.717) is 5.92 Å². The van der Waals surface area contributed by atoms with Crippen molar-refractivity contribution in [1.29, 1.82) is 0 Å². The number of imidazole rings is 1. The Bertz CT molecular complexity index is 1060. The van der Waals surface area contributed by atoms with Crippen molar-refractivity contribution >= 4 is 5.91 Å². The lowest BCUT2D eigenvalue weighted by molar-refractivity contribution is -0.123. The average molecular weight is 399 g/mol. The van der Waals surface area contributed by atoms with Crippen LogP contribution in [0.1, 0.15) is 41.8 Å². The largest absolute Gasteiger partial charge is 0.346 e. The van der Waals surface area contributed by atoms with E-state index in [4.69, 9.17) is 0 Å². The first-order chi connectivity index (χ1) is 14.7. The number of hydrogen-bond donors (Lipinski definition) is 1. The summed E-state index contributed by atoms with van der Waals surface area (Å²) >= 11 is 0. The van der Waals surface area contributed by atoms with Gasteiger partial charge in [0.05, 0.1) is 11.6 Å². The van der Waals surface area contributed by atoms with Crippen LogP contribution in [0.2, 0.25) is 0 Å². The molecule has 1 amide bonds. The van der Waals surface area contributed by atoms with Gasteiger partial charge in [0.15, 0.2) is 0 Å². The number of carbonyl (C=O) groups is 1. The van der Waals surface area contributed by atoms with Crippen molar-refractivity contribution in [3.8, 4) is 0 Å². The Morgan fingerprint density at radius 2 is 2.00 bits per heavy atom. The molecule has 2 aromatic heterocycles. The number of fused-ring (bicyclic) bond motifs is 2. The maximum Gasteiger partial charge on any atom is 0.224 e. The normalized spacial score (nSPS) is 26.2. The molecule has 3 atom stereocenters. The number of hydrogen-bond acceptors (Lipinski definition) is 4. The number of nitrogens with zero attached hydrogens (tertiary/aromatic N) is 4. The van der Waals surface area contributed by atoms with Crippen molar-refractivity contribution < 1.29 is 4.79 Å². The molecule has 0 bridgehead atoms. The first-order valence-corrected chi connectivity index (χ1v) is 10.7. The van der Waals surface area contributed by atoms with Gasteiger partial charge in [-0.1, -0.05) is 36.4 Å². The topological polar surface area (TPSA) is 63.1 Å². The van der Waals surface area contributed by atoms with Crippen LogP contribution in [0.3, 0.4) is 0 Å². The second-order valence-electron chi connectivity index (χ2n) is 9.01. The fourth-order valence-electron chi connectivity index (χ4n) is 5.42. The minimum atomic E-state index is 0.00469. The Labute approximate surface area is 176 Å². The highest BCUT2D eigenvalue weighted by atomic mass is 16.2. The average Bonchev–Trinajstić information content (AvgIpc) is 3.30. The maximum atomic E-state index is 12.9. The van der Waals surface area contributed by atoms with Gasteiger partial charge in [0, 0.05) is 56.8 Å². The van der Waals surface area contributed by atoms with Gasteiger partial charge in [-0.25, -0.2) is 4.98 Å². The number of carbonyl (C=O) groups excluding carboxylic acids is 1. The second kappa shape index (κ2) is 6.77. The Morgan fingerprint density at radius 3 is 2.80 bits per heavy atom. The first-order valence-electron chi connectivity index (χ1n) is 10.7. The fraction of sp³-hybridized carbons (Fsp3) is 0.375. The van der Waals surface area contributed by atoms with Gasteiger partial charge in [0.25, 0.3) is 0 Å². The van der Waals surface area contributed by atoms with Crippen LogP contribution >= 0.6 is 0 Å². The number of rotatable bonds is 5. The first kappa shape index (κ1) is 17.8. The smallest absolute Gasteiger partial charge is 0.224 e. The van der Waals surface area contributed by atoms with Gasteiger partial charge in [-0.15, -0.1) is 0 Å². The molecule has 2 fully saturated rings. The molecule has 152 valence electrons. The highest BCUT2D eigenvalue weighted by molar-refractivity contribution is 5.83. The van der Waals surface area contributed by atoms with Crippen molar-refractivity contribution in [3.05, 3.63) is 84.2 Å². The molecule has 3 aliphatic rings. The minimum Gasteiger partial charge on any atom is -0.346 e. The third-order valence-electron chi connectivity index (χ3n) is 6.91. The molecule has 1 saturated heterocycles. The molecule has 2 aliphatic heterocycles. The summed E-state index contributed by atoms with van der Waals surface area (Å²) in [4.78, 5) is 24.2. The van der Waals surface area contributed by atoms with Crippen LogP contribution in [0.5, 0.6) is 0 Å². The predicted octanol–water partition coefficient (Wildman–Crippen LogP) is 2.85. The van der Waals surface area contributed by atoms with Gasteiger partial charge in [-0.05, 0) is 29.5 Å². The monoisotopic (exact) mass is 399 g/mol. The molecule has 6 rings (SSSR count). The number of pyridine rings is 1. The summed E-state index contributed by atoms with van der Waals surface area (Å²) in [6.45, 7) is 2.87. The van der Waals surface area contributed by atoms with Crippen LogP contribution in [0, 0.1) is 5.92 Å². The fourth-order valence-corrected chi connectivity index (χ4v) is 5.42. The van der Waals surface area contributed by atoms with Crippen molar-refractivity contribution in [2.75, 3.05) is 13.1 Å². The highest BCUT2D eigenvalue weighted by Crippen LogP contribution is 2.49. The zero-order valence-electron chi connectivity index (χ0n) is 16.8. The molecule has 1 spiro atoms. The summed E-state index contributed by atoms with van der Waals surface area (Å²) in [6, 6.07) is 14.5. The molecule has 0 radical (unpaired) electrons. The number of aromatic nitrogens is 3. The van der Waals surface area contributed by atoms with Crippen molar-refractivity contribution in [2.45, 2.75) is 36.9 Å². The van der Waals surface area contributed by atoms with E-state index >= 15 is 0 Å². The molecular formula is C24H25N5O. The molecule has 1 saturated carbocycles. The Kier molecular flexibility index (Phi) is 4.03. The lowest BCUT2D eigenvalue weighted by Crippen LogP contribution is -2.60. The molecule has 3 aromatic rings. The van der Waals surface area contributed by atoms with Crippen molar-refractivity contribution in [1.82, 2.24) is 24.8 Å². The van der Waals surface area contributed by atoms with Gasteiger partial charge in [0.1, 0.15) is 5.82 Å². The van der Waals surface area contributed by atoms with Crippen molar-refractivity contribution in [3.63, 3.8) is 0 Å². The molecule has 1 unspecified atom stereocenters. The Balaban J connectivity index is 1.11. The van der Waals surface area contributed by atoms with Gasteiger partial charge in [-0.2, -0.15) is 0 Å². The van der Waals surface area contributed by atoms with E-state index in [1.54, 1.807) is 0 Å². The van der Waals surface area contributed by atoms with Crippen molar-refractivity contribution in [2.24, 2.45) is 5.92 Å². The standard InChI is InChI=1S/C24H25N5O/c30-23(20-11-19(20)18-6-2-1-3-7-18)27-21-12-24(29-10-9-26-22(21)29)15-28(16-24)14-17-5-4-8-25-13-17/h1-10,13,19-21H,11-12,14-16H2,(H,27,30)/t19-,20+,21?/m0/s1. The van der Waals surface area contributed by atoms with E-state index in [1.165, 1.54) is 11.1 Å². The van der Waals surface area contributed by atoms with Crippen LogP contribution in [-0.4, -0.2) is 38.4 Å². The molecule has 4 heterocycles. The van der Waals surface area contributed by atoms with Gasteiger partial charge in [-0.3, -0.25) is 14.7 Å². The third kappa shape index (κ3) is 2.94. The molecule has 1 aliphatic carbocycles. The van der Waals surface area contributed by atoms with E-state index in [1.807, 2.05) is 42.9 Å². The van der Waals surface area contributed by atoms with E-state index in [-0.39, 0.29) is 23.4 Å². The SMILES string of the molecule is O=C(NC1CC2(CN(Cc3cccnc3)C2)n2ccnc21)[C@@H]1C[C@H]1c1ccccc1. The predicted molar refractivity (Wildman–Crippen MR) is 113 cm³/mol. The summed E-state index contributed by atoms with van der Waals surface area (Å²) in [7, 11) is 0. The summed E-state index contributed by atoms with van der Waals surface area (Å²) < 4.78 is 2.30. The number of benzene rings is 1. The molecule has 6 nitrogen and oxygen atoms in total. The second-order valence-corrected chi connectivity index (χ2v) is 9.01. The lowest BCUT2D eigenvalue weighted by Gasteiger charge is -2.49. The summed E-state index contributed by atoms with van der Waals surface area (Å²) in [5, 5.41) is 3.32. The van der Waals surface area contributed by atoms with E-state index < -0.39 is 0 Å². The van der Waals surface area contributed by atoms with Gasteiger partial charge < -0.3 is 9.88 Å². The van der Waals surface area contributed by atoms with E-state index in [2.05, 4.69) is 49.1 Å². The zero-order valence-corrected chi connectivity index (χ0v) is 16.8. The summed E-state index contributed by atoms with van der Waals surface area (Å²) in [5.74, 6) is 1.63. The highest BCUT2D eigenvalue weighted by Gasteiger charge is 2.53. The van der Waals surface area contributed by atoms with Crippen LogP contribution in [-0.2, 0) is 16.9 Å². The third-order valence-corrected chi connectivity index (χ3v) is 6.91. The van der Waals surface area contributed by atoms with Crippen LogP contribution in [0.4, 0.5) is 0 Å². The summed E-state index contributed by atoms with van der Waals surface area (Å²) in [5.41, 5.74) is 2.56. The summed E-state index contributed by atoms with van der Waals surface area (Å²) in [6.07, 6.45) is 9.56. The van der Waals surface area contributed by atoms with Gasteiger partial charge in [0.2, 0.25) is 5.91 Å². The Hall–Kier alpha value is -2.99. The number of likely N-dealkylation sites (tertiary alicyclic amines) is 1. The lowest BCUT2D eigenvalue weighted by atomic mass is 9.85. The van der Waals surface area contributed by atoms with Crippen LogP contribution < -0.4 is 5.32 Å². The van der Waals surface area contributed by atoms with Crippen LogP contribution in [0.25, 0.3) is 0 Å². The maximum absolute atomic E-state index is 12.9. The zero-order chi connectivity index (χ0) is 20.1. The number of amides is 1. The minimum absolute atomic E-state index is 0.00469. The van der Waals surface area contributed by atoms with E-state index in [0.717, 1.165) is 38.3 Å². The van der Waals surface area contributed by atoms with Crippen LogP contribution in [0.15, 0.2) is 67.3 Å². The molecular weight excluding hydrogens is 374 g/mol. The van der Waals surface area contributed by atoms with E-state index in [9.17, 15) is 4.79 Å². The molecule has 30 heavy (non-hydrogen) atoms. The molecule has 6 heteroatoms.